The molecule has 0 bridgehead atoms. The number of hydrazone groups is 1. The van der Waals surface area contributed by atoms with Crippen molar-refractivity contribution in [3.63, 3.8) is 0 Å². The Morgan fingerprint density at radius 1 is 1.40 bits per heavy atom. The van der Waals surface area contributed by atoms with E-state index in [0.29, 0.717) is 11.3 Å². The second-order valence-electron chi connectivity index (χ2n) is 3.32. The van der Waals surface area contributed by atoms with Crippen molar-refractivity contribution in [2.24, 2.45) is 5.10 Å². The predicted octanol–water partition coefficient (Wildman–Crippen LogP) is 1.32. The van der Waals surface area contributed by atoms with E-state index in [1.165, 1.54) is 0 Å². The first-order chi connectivity index (χ1) is 7.20. The van der Waals surface area contributed by atoms with Crippen molar-refractivity contribution >= 4 is 17.2 Å². The summed E-state index contributed by atoms with van der Waals surface area (Å²) in [6.07, 6.45) is 0. The van der Waals surface area contributed by atoms with E-state index >= 15 is 0 Å². The molecule has 1 aromatic carbocycles. The van der Waals surface area contributed by atoms with Gasteiger partial charge in [-0.05, 0) is 31.2 Å². The van der Waals surface area contributed by atoms with Crippen LogP contribution in [-0.2, 0) is 4.79 Å². The highest BCUT2D eigenvalue weighted by atomic mass is 16.1. The Morgan fingerprint density at radius 2 is 2.07 bits per heavy atom. The Kier molecular flexibility index (Phi) is 2.22. The van der Waals surface area contributed by atoms with Crippen molar-refractivity contribution in [2.45, 2.75) is 6.92 Å². The maximum Gasteiger partial charge on any atom is 0.199 e. The number of benzene rings is 1. The molecule has 0 saturated heterocycles. The lowest BCUT2D eigenvalue weighted by Crippen LogP contribution is -2.17. The standard InChI is InChI=1S/C11H9N3O/c1-8-11(15)7-14(13-8)10-4-2-9(6-12)3-5-10/h2-5H,7H2,1H3. The molecule has 0 aliphatic carbocycles. The number of Topliss-reactive ketones (excluding diaryl/α,β-unsaturated/α-hetero) is 1. The normalized spacial score (nSPS) is 15.1. The largest absolute Gasteiger partial charge is 0.291 e. The van der Waals surface area contributed by atoms with Crippen molar-refractivity contribution in [3.05, 3.63) is 29.8 Å². The third-order valence-electron chi connectivity index (χ3n) is 2.26. The zero-order valence-corrected chi connectivity index (χ0v) is 8.27. The summed E-state index contributed by atoms with van der Waals surface area (Å²) in [5, 5.41) is 14.4. The van der Waals surface area contributed by atoms with Crippen LogP contribution in [-0.4, -0.2) is 18.0 Å². The van der Waals surface area contributed by atoms with Crippen LogP contribution in [0.15, 0.2) is 29.4 Å². The molecule has 0 amide bonds. The number of hydrogen-bond donors (Lipinski definition) is 0. The molecule has 0 saturated carbocycles. The molecule has 0 fully saturated rings. The lowest BCUT2D eigenvalue weighted by atomic mass is 10.2. The molecule has 0 aromatic heterocycles. The summed E-state index contributed by atoms with van der Waals surface area (Å²) in [4.78, 5) is 11.3. The van der Waals surface area contributed by atoms with Gasteiger partial charge in [0, 0.05) is 0 Å². The van der Waals surface area contributed by atoms with Gasteiger partial charge in [-0.2, -0.15) is 10.4 Å². The molecule has 0 atom stereocenters. The van der Waals surface area contributed by atoms with Gasteiger partial charge in [0.1, 0.15) is 12.3 Å². The number of carbonyl (C=O) groups excluding carboxylic acids is 1. The van der Waals surface area contributed by atoms with Gasteiger partial charge in [-0.1, -0.05) is 0 Å². The molecule has 0 unspecified atom stereocenters. The minimum Gasteiger partial charge on any atom is -0.291 e. The topological polar surface area (TPSA) is 56.5 Å². The van der Waals surface area contributed by atoms with Crippen LogP contribution in [0.3, 0.4) is 0 Å². The predicted molar refractivity (Wildman–Crippen MR) is 56.6 cm³/mol. The van der Waals surface area contributed by atoms with Crippen LogP contribution in [0.4, 0.5) is 5.69 Å². The van der Waals surface area contributed by atoms with Gasteiger partial charge in [-0.15, -0.1) is 0 Å². The third kappa shape index (κ3) is 1.72. The second-order valence-corrected chi connectivity index (χ2v) is 3.32. The molecule has 2 rings (SSSR count). The van der Waals surface area contributed by atoms with Crippen LogP contribution >= 0.6 is 0 Å². The van der Waals surface area contributed by atoms with E-state index in [4.69, 9.17) is 5.26 Å². The molecule has 0 spiro atoms. The molecule has 15 heavy (non-hydrogen) atoms. The number of ketones is 1. The molecular formula is C11H9N3O. The minimum absolute atomic E-state index is 0.0411. The Hall–Kier alpha value is -2.15. The number of hydrogen-bond acceptors (Lipinski definition) is 4. The highest BCUT2D eigenvalue weighted by Gasteiger charge is 2.20. The average molecular weight is 199 g/mol. The third-order valence-corrected chi connectivity index (χ3v) is 2.26. The van der Waals surface area contributed by atoms with Crippen LogP contribution in [0, 0.1) is 11.3 Å². The van der Waals surface area contributed by atoms with Crippen molar-refractivity contribution in [2.75, 3.05) is 11.6 Å². The van der Waals surface area contributed by atoms with Crippen molar-refractivity contribution in [3.8, 4) is 6.07 Å². The molecule has 1 aromatic rings. The Labute approximate surface area is 87.4 Å². The van der Waals surface area contributed by atoms with Gasteiger partial charge in [0.05, 0.1) is 17.3 Å². The average Bonchev–Trinajstić information content (AvgIpc) is 2.59. The maximum absolute atomic E-state index is 11.3. The Morgan fingerprint density at radius 3 is 2.53 bits per heavy atom. The van der Waals surface area contributed by atoms with Crippen molar-refractivity contribution in [1.29, 1.82) is 5.26 Å². The summed E-state index contributed by atoms with van der Waals surface area (Å²) in [6, 6.07) is 9.03. The summed E-state index contributed by atoms with van der Waals surface area (Å²) >= 11 is 0. The highest BCUT2D eigenvalue weighted by molar-refractivity contribution is 6.42. The van der Waals surface area contributed by atoms with Gasteiger partial charge in [0.2, 0.25) is 0 Å². The van der Waals surface area contributed by atoms with Gasteiger partial charge in [0.15, 0.2) is 5.78 Å². The van der Waals surface area contributed by atoms with E-state index in [-0.39, 0.29) is 12.3 Å². The van der Waals surface area contributed by atoms with Crippen LogP contribution in [0.1, 0.15) is 12.5 Å². The monoisotopic (exact) mass is 199 g/mol. The lowest BCUT2D eigenvalue weighted by Gasteiger charge is -2.11. The van der Waals surface area contributed by atoms with Gasteiger partial charge in [0.25, 0.3) is 0 Å². The summed E-state index contributed by atoms with van der Waals surface area (Å²) < 4.78 is 0. The summed E-state index contributed by atoms with van der Waals surface area (Å²) in [5.74, 6) is 0.0411. The Bertz CT molecular complexity index is 468. The van der Waals surface area contributed by atoms with E-state index in [2.05, 4.69) is 5.10 Å². The zero-order valence-electron chi connectivity index (χ0n) is 8.27. The van der Waals surface area contributed by atoms with E-state index in [1.54, 1.807) is 36.2 Å². The van der Waals surface area contributed by atoms with Crippen LogP contribution in [0.25, 0.3) is 0 Å². The number of carbonyl (C=O) groups is 1. The summed E-state index contributed by atoms with van der Waals surface area (Å²) in [7, 11) is 0. The SMILES string of the molecule is CC1=NN(c2ccc(C#N)cc2)CC1=O. The molecule has 1 aliphatic rings. The van der Waals surface area contributed by atoms with E-state index < -0.39 is 0 Å². The van der Waals surface area contributed by atoms with Crippen molar-refractivity contribution in [1.82, 2.24) is 0 Å². The molecule has 4 heteroatoms. The zero-order chi connectivity index (χ0) is 10.8. The summed E-state index contributed by atoms with van der Waals surface area (Å²) in [6.45, 7) is 1.99. The van der Waals surface area contributed by atoms with Gasteiger partial charge in [-0.25, -0.2) is 0 Å². The Balaban J connectivity index is 2.26. The highest BCUT2D eigenvalue weighted by Crippen LogP contribution is 2.18. The lowest BCUT2D eigenvalue weighted by molar-refractivity contribution is -0.111. The van der Waals surface area contributed by atoms with E-state index in [9.17, 15) is 4.79 Å². The fourth-order valence-electron chi connectivity index (χ4n) is 1.38. The molecule has 74 valence electrons. The van der Waals surface area contributed by atoms with Gasteiger partial charge < -0.3 is 0 Å². The smallest absolute Gasteiger partial charge is 0.199 e. The van der Waals surface area contributed by atoms with Crippen LogP contribution in [0.5, 0.6) is 0 Å². The first-order valence-corrected chi connectivity index (χ1v) is 4.57. The maximum atomic E-state index is 11.3. The minimum atomic E-state index is 0.0411. The molecular weight excluding hydrogens is 190 g/mol. The first kappa shape index (κ1) is 9.41. The number of nitrogens with zero attached hydrogens (tertiary/aromatic N) is 3. The molecule has 0 radical (unpaired) electrons. The first-order valence-electron chi connectivity index (χ1n) is 4.57. The fraction of sp³-hybridized carbons (Fsp3) is 0.182. The van der Waals surface area contributed by atoms with E-state index in [0.717, 1.165) is 5.69 Å². The number of rotatable bonds is 1. The number of anilines is 1. The number of nitriles is 1. The molecule has 4 nitrogen and oxygen atoms in total. The van der Waals surface area contributed by atoms with Crippen LogP contribution < -0.4 is 5.01 Å². The van der Waals surface area contributed by atoms with E-state index in [1.807, 2.05) is 6.07 Å². The summed E-state index contributed by atoms with van der Waals surface area (Å²) in [5.41, 5.74) is 1.96. The van der Waals surface area contributed by atoms with Crippen LogP contribution in [0.2, 0.25) is 0 Å². The fourth-order valence-corrected chi connectivity index (χ4v) is 1.38. The molecule has 1 heterocycles. The quantitative estimate of drug-likeness (QED) is 0.685. The van der Waals surface area contributed by atoms with Crippen molar-refractivity contribution < 1.29 is 4.79 Å². The van der Waals surface area contributed by atoms with Gasteiger partial charge in [-0.3, -0.25) is 9.80 Å². The molecule has 0 N–H and O–H groups in total. The molecule has 1 aliphatic heterocycles. The second kappa shape index (κ2) is 3.54. The van der Waals surface area contributed by atoms with Gasteiger partial charge >= 0.3 is 0 Å².